The summed E-state index contributed by atoms with van der Waals surface area (Å²) < 4.78 is 7.84. The molecule has 0 aliphatic heterocycles. The summed E-state index contributed by atoms with van der Waals surface area (Å²) in [6.45, 7) is 2.08. The summed E-state index contributed by atoms with van der Waals surface area (Å²) in [5.74, 6) is 1.51. The molecule has 6 nitrogen and oxygen atoms in total. The molecule has 138 valence electrons. The van der Waals surface area contributed by atoms with Crippen molar-refractivity contribution >= 4 is 39.9 Å². The van der Waals surface area contributed by atoms with Gasteiger partial charge in [-0.15, -0.1) is 20.4 Å². The van der Waals surface area contributed by atoms with E-state index >= 15 is 0 Å². The van der Waals surface area contributed by atoms with Crippen LogP contribution in [0.1, 0.15) is 11.5 Å². The quantitative estimate of drug-likeness (QED) is 0.382. The van der Waals surface area contributed by atoms with Crippen LogP contribution in [-0.2, 0) is 5.75 Å². The molecule has 3 heterocycles. The summed E-state index contributed by atoms with van der Waals surface area (Å²) in [5, 5.41) is 19.6. The topological polar surface area (TPSA) is 69.1 Å². The Balaban J connectivity index is 1.44. The average Bonchev–Trinajstić information content (AvgIpc) is 3.34. The number of hydrogen-bond donors (Lipinski definition) is 0. The molecule has 0 atom stereocenters. The zero-order chi connectivity index (χ0) is 19.1. The van der Waals surface area contributed by atoms with Crippen LogP contribution in [0.4, 0.5) is 0 Å². The average molecular weight is 408 g/mol. The van der Waals surface area contributed by atoms with Crippen molar-refractivity contribution in [3.05, 3.63) is 71.1 Å². The lowest BCUT2D eigenvalue weighted by molar-refractivity contribution is 0.528. The number of aryl methyl sites for hydroxylation is 1. The SMILES string of the molecule is Cc1cc2nnc(SCc3nnc(-c4ccc(Cl)cc4)o3)n2c2ccccc12. The first kappa shape index (κ1) is 17.2. The Morgan fingerprint density at radius 2 is 1.82 bits per heavy atom. The van der Waals surface area contributed by atoms with Crippen molar-refractivity contribution in [2.75, 3.05) is 0 Å². The molecule has 0 saturated carbocycles. The molecule has 0 spiro atoms. The number of hydrogen-bond acceptors (Lipinski definition) is 6. The molecule has 0 saturated heterocycles. The zero-order valence-electron chi connectivity index (χ0n) is 14.8. The van der Waals surface area contributed by atoms with Gasteiger partial charge in [0.25, 0.3) is 0 Å². The number of thioether (sulfide) groups is 1. The molecule has 28 heavy (non-hydrogen) atoms. The third-order valence-electron chi connectivity index (χ3n) is 4.46. The normalized spacial score (nSPS) is 11.5. The van der Waals surface area contributed by atoms with Gasteiger partial charge in [-0.2, -0.15) is 0 Å². The van der Waals surface area contributed by atoms with Gasteiger partial charge in [-0.05, 0) is 48.9 Å². The van der Waals surface area contributed by atoms with Crippen molar-refractivity contribution in [1.82, 2.24) is 24.8 Å². The third kappa shape index (κ3) is 3.02. The fourth-order valence-corrected chi connectivity index (χ4v) is 4.03. The molecule has 5 aromatic rings. The summed E-state index contributed by atoms with van der Waals surface area (Å²) in [7, 11) is 0. The predicted octanol–water partition coefficient (Wildman–Crippen LogP) is 5.19. The highest BCUT2D eigenvalue weighted by Crippen LogP contribution is 2.28. The largest absolute Gasteiger partial charge is 0.420 e. The van der Waals surface area contributed by atoms with Crippen LogP contribution in [0.2, 0.25) is 5.02 Å². The number of nitrogens with zero attached hydrogens (tertiary/aromatic N) is 5. The molecule has 0 unspecified atom stereocenters. The van der Waals surface area contributed by atoms with Crippen LogP contribution in [0.5, 0.6) is 0 Å². The molecule has 0 fully saturated rings. The number of pyridine rings is 1. The maximum absolute atomic E-state index is 5.92. The van der Waals surface area contributed by atoms with E-state index in [0.717, 1.165) is 21.9 Å². The van der Waals surface area contributed by atoms with E-state index in [9.17, 15) is 0 Å². The highest BCUT2D eigenvalue weighted by atomic mass is 35.5. The number of aromatic nitrogens is 5. The van der Waals surface area contributed by atoms with Crippen molar-refractivity contribution in [3.8, 4) is 11.5 Å². The Labute approximate surface area is 169 Å². The van der Waals surface area contributed by atoms with Crippen LogP contribution in [0.3, 0.4) is 0 Å². The van der Waals surface area contributed by atoms with Crippen molar-refractivity contribution < 1.29 is 4.42 Å². The van der Waals surface area contributed by atoms with E-state index in [4.69, 9.17) is 16.0 Å². The Morgan fingerprint density at radius 1 is 1.00 bits per heavy atom. The molecule has 5 rings (SSSR count). The fraction of sp³-hybridized carbons (Fsp3) is 0.100. The van der Waals surface area contributed by atoms with Crippen molar-refractivity contribution in [1.29, 1.82) is 0 Å². The van der Waals surface area contributed by atoms with Gasteiger partial charge in [0.2, 0.25) is 11.8 Å². The van der Waals surface area contributed by atoms with E-state index in [1.165, 1.54) is 22.7 Å². The lowest BCUT2D eigenvalue weighted by Crippen LogP contribution is -1.93. The summed E-state index contributed by atoms with van der Waals surface area (Å²) in [5.41, 5.74) is 3.92. The number of fused-ring (bicyclic) bond motifs is 3. The van der Waals surface area contributed by atoms with Gasteiger partial charge in [-0.25, -0.2) is 0 Å². The second-order valence-corrected chi connectivity index (χ2v) is 7.70. The van der Waals surface area contributed by atoms with Gasteiger partial charge in [-0.1, -0.05) is 41.6 Å². The monoisotopic (exact) mass is 407 g/mol. The lowest BCUT2D eigenvalue weighted by atomic mass is 10.1. The van der Waals surface area contributed by atoms with Gasteiger partial charge >= 0.3 is 0 Å². The Hall–Kier alpha value is -2.90. The molecule has 3 aromatic heterocycles. The van der Waals surface area contributed by atoms with E-state index in [0.29, 0.717) is 22.6 Å². The molecule has 0 N–H and O–H groups in total. The van der Waals surface area contributed by atoms with E-state index < -0.39 is 0 Å². The van der Waals surface area contributed by atoms with Gasteiger partial charge in [-0.3, -0.25) is 4.40 Å². The van der Waals surface area contributed by atoms with E-state index in [-0.39, 0.29) is 0 Å². The van der Waals surface area contributed by atoms with Crippen LogP contribution >= 0.6 is 23.4 Å². The van der Waals surface area contributed by atoms with Crippen molar-refractivity contribution in [2.24, 2.45) is 0 Å². The molecule has 0 bridgehead atoms. The lowest BCUT2D eigenvalue weighted by Gasteiger charge is -2.06. The number of rotatable bonds is 4. The van der Waals surface area contributed by atoms with E-state index in [2.05, 4.69) is 43.9 Å². The Morgan fingerprint density at radius 3 is 2.68 bits per heavy atom. The minimum Gasteiger partial charge on any atom is -0.420 e. The molecule has 0 amide bonds. The Bertz CT molecular complexity index is 1300. The van der Waals surface area contributed by atoms with Crippen LogP contribution < -0.4 is 0 Å². The van der Waals surface area contributed by atoms with Gasteiger partial charge in [0.1, 0.15) is 0 Å². The second kappa shape index (κ2) is 6.92. The summed E-state index contributed by atoms with van der Waals surface area (Å²) in [6.07, 6.45) is 0. The highest BCUT2D eigenvalue weighted by Gasteiger charge is 2.14. The van der Waals surface area contributed by atoms with Gasteiger partial charge in [0, 0.05) is 16.0 Å². The maximum atomic E-state index is 5.92. The third-order valence-corrected chi connectivity index (χ3v) is 5.62. The maximum Gasteiger partial charge on any atom is 0.247 e. The summed E-state index contributed by atoms with van der Waals surface area (Å²) >= 11 is 7.44. The highest BCUT2D eigenvalue weighted by molar-refractivity contribution is 7.98. The van der Waals surface area contributed by atoms with Crippen LogP contribution in [0.15, 0.2) is 64.2 Å². The molecule has 8 heteroatoms. The number of halogens is 1. The second-order valence-electron chi connectivity index (χ2n) is 6.32. The summed E-state index contributed by atoms with van der Waals surface area (Å²) in [4.78, 5) is 0. The molecule has 0 radical (unpaired) electrons. The van der Waals surface area contributed by atoms with Gasteiger partial charge in [0.05, 0.1) is 11.3 Å². The summed E-state index contributed by atoms with van der Waals surface area (Å²) in [6, 6.07) is 17.6. The first-order valence-electron chi connectivity index (χ1n) is 8.63. The van der Waals surface area contributed by atoms with E-state index in [1.807, 2.05) is 30.3 Å². The molecule has 0 aliphatic carbocycles. The number of para-hydroxylation sites is 1. The molecular weight excluding hydrogens is 394 g/mol. The Kier molecular flexibility index (Phi) is 4.26. The van der Waals surface area contributed by atoms with Gasteiger partial charge < -0.3 is 4.42 Å². The minimum atomic E-state index is 0.472. The standard InChI is InChI=1S/C20H14ClN5OS/c1-12-10-17-22-25-20(26(17)16-5-3-2-4-15(12)16)28-11-18-23-24-19(27-18)13-6-8-14(21)9-7-13/h2-10H,11H2,1H3. The zero-order valence-corrected chi connectivity index (χ0v) is 16.4. The van der Waals surface area contributed by atoms with Crippen LogP contribution in [0, 0.1) is 6.92 Å². The molecule has 0 aliphatic rings. The predicted molar refractivity (Wildman–Crippen MR) is 110 cm³/mol. The van der Waals surface area contributed by atoms with Crippen molar-refractivity contribution in [3.63, 3.8) is 0 Å². The van der Waals surface area contributed by atoms with Gasteiger partial charge in [0.15, 0.2) is 10.8 Å². The smallest absolute Gasteiger partial charge is 0.247 e. The van der Waals surface area contributed by atoms with E-state index in [1.54, 1.807) is 12.1 Å². The molecule has 2 aromatic carbocycles. The first-order chi connectivity index (χ1) is 13.7. The van der Waals surface area contributed by atoms with Crippen molar-refractivity contribution in [2.45, 2.75) is 17.8 Å². The van der Waals surface area contributed by atoms with Crippen LogP contribution in [0.25, 0.3) is 28.0 Å². The fourth-order valence-electron chi connectivity index (χ4n) is 3.12. The first-order valence-corrected chi connectivity index (χ1v) is 10.00. The number of benzene rings is 2. The molecular formula is C20H14ClN5OS. The van der Waals surface area contributed by atoms with Crippen LogP contribution in [-0.4, -0.2) is 24.8 Å². The minimum absolute atomic E-state index is 0.472.